The largest absolute Gasteiger partial charge is 0.376 e. The van der Waals surface area contributed by atoms with Crippen molar-refractivity contribution in [3.8, 4) is 17.2 Å². The van der Waals surface area contributed by atoms with Crippen molar-refractivity contribution in [2.24, 2.45) is 11.1 Å². The highest BCUT2D eigenvalue weighted by Crippen LogP contribution is 2.43. The van der Waals surface area contributed by atoms with Gasteiger partial charge in [-0.05, 0) is 31.9 Å². The highest BCUT2D eigenvalue weighted by molar-refractivity contribution is 6.43. The Balaban J connectivity index is 1.56. The van der Waals surface area contributed by atoms with Crippen LogP contribution in [0.1, 0.15) is 25.3 Å². The molecule has 160 valence electrons. The van der Waals surface area contributed by atoms with Gasteiger partial charge in [-0.15, -0.1) is 0 Å². The van der Waals surface area contributed by atoms with E-state index in [1.807, 2.05) is 25.1 Å². The molecule has 2 aliphatic heterocycles. The molecule has 1 aromatic carbocycles. The van der Waals surface area contributed by atoms with E-state index in [9.17, 15) is 5.26 Å². The van der Waals surface area contributed by atoms with Crippen molar-refractivity contribution in [3.05, 3.63) is 46.2 Å². The summed E-state index contributed by atoms with van der Waals surface area (Å²) in [6.07, 6.45) is 3.44. The molecule has 31 heavy (non-hydrogen) atoms. The zero-order valence-electron chi connectivity index (χ0n) is 17.1. The van der Waals surface area contributed by atoms with Gasteiger partial charge in [-0.25, -0.2) is 4.98 Å². The maximum atomic E-state index is 9.96. The van der Waals surface area contributed by atoms with Crippen LogP contribution in [-0.2, 0) is 4.74 Å². The third-order valence-corrected chi connectivity index (χ3v) is 7.62. The predicted molar refractivity (Wildman–Crippen MR) is 120 cm³/mol. The summed E-state index contributed by atoms with van der Waals surface area (Å²) in [5, 5.41) is 15.2. The maximum Gasteiger partial charge on any atom is 0.166 e. The number of nitriles is 1. The fourth-order valence-electron chi connectivity index (χ4n) is 4.89. The first kappa shape index (κ1) is 20.5. The molecule has 2 unspecified atom stereocenters. The lowest BCUT2D eigenvalue weighted by atomic mass is 9.73. The van der Waals surface area contributed by atoms with Crippen molar-refractivity contribution < 1.29 is 4.74 Å². The van der Waals surface area contributed by atoms with E-state index in [2.05, 4.69) is 21.1 Å². The van der Waals surface area contributed by atoms with Gasteiger partial charge in [0.25, 0.3) is 0 Å². The van der Waals surface area contributed by atoms with Crippen LogP contribution in [0.2, 0.25) is 10.0 Å². The number of nitrogens with two attached hydrogens (primary N) is 1. The molecule has 0 bridgehead atoms. The van der Waals surface area contributed by atoms with Crippen LogP contribution in [0.5, 0.6) is 0 Å². The molecule has 7 nitrogen and oxygen atoms in total. The maximum absolute atomic E-state index is 9.96. The van der Waals surface area contributed by atoms with Crippen molar-refractivity contribution in [3.63, 3.8) is 0 Å². The van der Waals surface area contributed by atoms with Gasteiger partial charge in [-0.1, -0.05) is 35.3 Å². The van der Waals surface area contributed by atoms with Crippen molar-refractivity contribution >= 4 is 34.7 Å². The van der Waals surface area contributed by atoms with Gasteiger partial charge in [0.15, 0.2) is 5.65 Å². The number of benzene rings is 1. The van der Waals surface area contributed by atoms with Gasteiger partial charge in [-0.3, -0.25) is 0 Å². The van der Waals surface area contributed by atoms with Crippen molar-refractivity contribution in [2.45, 2.75) is 31.9 Å². The van der Waals surface area contributed by atoms with Gasteiger partial charge >= 0.3 is 0 Å². The van der Waals surface area contributed by atoms with Crippen LogP contribution < -0.4 is 10.6 Å². The molecule has 0 aliphatic carbocycles. The van der Waals surface area contributed by atoms with Gasteiger partial charge in [0, 0.05) is 35.7 Å². The number of hydrogen-bond acceptors (Lipinski definition) is 6. The first-order valence-electron chi connectivity index (χ1n) is 10.3. The van der Waals surface area contributed by atoms with Crippen LogP contribution >= 0.6 is 23.2 Å². The second-order valence-electron chi connectivity index (χ2n) is 8.39. The molecule has 0 saturated carbocycles. The summed E-state index contributed by atoms with van der Waals surface area (Å²) in [5.41, 5.74) is 8.83. The molecule has 2 atom stereocenters. The average molecular weight is 457 g/mol. The molecule has 3 aromatic rings. The summed E-state index contributed by atoms with van der Waals surface area (Å²) < 4.78 is 7.62. The Bertz CT molecular complexity index is 1190. The zero-order chi connectivity index (χ0) is 21.8. The van der Waals surface area contributed by atoms with Crippen molar-refractivity contribution in [1.29, 1.82) is 5.26 Å². The molecule has 2 N–H and O–H groups in total. The van der Waals surface area contributed by atoms with E-state index in [1.165, 1.54) is 6.33 Å². The van der Waals surface area contributed by atoms with Crippen LogP contribution in [0, 0.1) is 16.7 Å². The summed E-state index contributed by atoms with van der Waals surface area (Å²) in [6.45, 7) is 4.36. The van der Waals surface area contributed by atoms with E-state index in [4.69, 9.17) is 33.7 Å². The average Bonchev–Trinajstić information content (AvgIpc) is 3.37. The number of aromatic nitrogens is 3. The molecular weight excluding hydrogens is 435 g/mol. The number of fused-ring (bicyclic) bond motifs is 1. The Morgan fingerprint density at radius 1 is 1.29 bits per heavy atom. The molecule has 0 radical (unpaired) electrons. The van der Waals surface area contributed by atoms with Crippen LogP contribution in [0.15, 0.2) is 30.6 Å². The Labute approximate surface area is 190 Å². The van der Waals surface area contributed by atoms with Crippen LogP contribution in [0.3, 0.4) is 0 Å². The standard InChI is InChI=1S/C22H22Cl2N6O/c1-13-20(26)22(11-31-13)5-7-29(8-6-22)17-9-14(10-25)18(21-27-12-28-30(17)21)15-3-2-4-16(23)19(15)24/h2-4,9,12-13,20H,5-8,11,26H2,1H3. The van der Waals surface area contributed by atoms with Crippen LogP contribution in [-0.4, -0.2) is 46.4 Å². The minimum absolute atomic E-state index is 0.0176. The van der Waals surface area contributed by atoms with Gasteiger partial charge in [0.1, 0.15) is 18.2 Å². The molecule has 2 aromatic heterocycles. The summed E-state index contributed by atoms with van der Waals surface area (Å²) >= 11 is 12.7. The number of hydrogen-bond donors (Lipinski definition) is 1. The highest BCUT2D eigenvalue weighted by atomic mass is 35.5. The number of anilines is 1. The van der Waals surface area contributed by atoms with Crippen molar-refractivity contribution in [2.75, 3.05) is 24.6 Å². The van der Waals surface area contributed by atoms with E-state index in [1.54, 1.807) is 10.6 Å². The monoisotopic (exact) mass is 456 g/mol. The van der Waals surface area contributed by atoms with E-state index < -0.39 is 0 Å². The van der Waals surface area contributed by atoms with Gasteiger partial charge in [-0.2, -0.15) is 14.9 Å². The second-order valence-corrected chi connectivity index (χ2v) is 9.18. The number of ether oxygens (including phenoxy) is 1. The number of rotatable bonds is 2. The van der Waals surface area contributed by atoms with Gasteiger partial charge in [0.05, 0.1) is 28.3 Å². The summed E-state index contributed by atoms with van der Waals surface area (Å²) in [4.78, 5) is 6.70. The highest BCUT2D eigenvalue weighted by Gasteiger charge is 2.47. The third-order valence-electron chi connectivity index (χ3n) is 6.80. The predicted octanol–water partition coefficient (Wildman–Crippen LogP) is 3.91. The molecule has 5 rings (SSSR count). The smallest absolute Gasteiger partial charge is 0.166 e. The lowest BCUT2D eigenvalue weighted by molar-refractivity contribution is 0.0974. The molecule has 9 heteroatoms. The van der Waals surface area contributed by atoms with Crippen molar-refractivity contribution in [1.82, 2.24) is 14.6 Å². The number of halogens is 2. The third kappa shape index (κ3) is 3.17. The van der Waals surface area contributed by atoms with Gasteiger partial charge < -0.3 is 15.4 Å². The van der Waals surface area contributed by atoms with E-state index >= 15 is 0 Å². The molecule has 0 amide bonds. The summed E-state index contributed by atoms with van der Waals surface area (Å²) in [6, 6.07) is 9.59. The quantitative estimate of drug-likeness (QED) is 0.628. The second kappa shape index (κ2) is 7.64. The molecule has 1 spiro atoms. The summed E-state index contributed by atoms with van der Waals surface area (Å²) in [7, 11) is 0. The minimum Gasteiger partial charge on any atom is -0.376 e. The fourth-order valence-corrected chi connectivity index (χ4v) is 5.29. The number of nitrogens with zero attached hydrogens (tertiary/aromatic N) is 5. The first-order valence-corrected chi connectivity index (χ1v) is 11.0. The zero-order valence-corrected chi connectivity index (χ0v) is 18.6. The van der Waals surface area contributed by atoms with Gasteiger partial charge in [0.2, 0.25) is 0 Å². The molecule has 2 saturated heterocycles. The Kier molecular flexibility index (Phi) is 5.06. The first-order chi connectivity index (χ1) is 14.9. The van der Waals surface area contributed by atoms with E-state index in [0.717, 1.165) is 31.7 Å². The van der Waals surface area contributed by atoms with E-state index in [0.29, 0.717) is 39.0 Å². The SMILES string of the molecule is CC1OCC2(CCN(c3cc(C#N)c(-c4cccc(Cl)c4Cl)c4ncnn34)CC2)C1N. The van der Waals surface area contributed by atoms with E-state index in [-0.39, 0.29) is 17.6 Å². The summed E-state index contributed by atoms with van der Waals surface area (Å²) in [5.74, 6) is 0.835. The molecule has 2 aliphatic rings. The number of piperidine rings is 1. The lowest BCUT2D eigenvalue weighted by Gasteiger charge is -2.42. The fraction of sp³-hybridized carbons (Fsp3) is 0.409. The lowest BCUT2D eigenvalue weighted by Crippen LogP contribution is -2.51. The number of pyridine rings is 1. The Hall–Kier alpha value is -2.37. The Morgan fingerprint density at radius 2 is 2.06 bits per heavy atom. The minimum atomic E-state index is 0.0176. The molecule has 4 heterocycles. The van der Waals surface area contributed by atoms with Crippen LogP contribution in [0.4, 0.5) is 5.82 Å². The molecule has 2 fully saturated rings. The normalized spacial score (nSPS) is 22.9. The topological polar surface area (TPSA) is 92.5 Å². The van der Waals surface area contributed by atoms with Crippen LogP contribution in [0.25, 0.3) is 16.8 Å². The Morgan fingerprint density at radius 3 is 2.74 bits per heavy atom. The molecular formula is C22H22Cl2N6O.